The zero-order valence-corrected chi connectivity index (χ0v) is 7.65. The summed E-state index contributed by atoms with van der Waals surface area (Å²) in [6.07, 6.45) is 0. The second-order valence-electron chi connectivity index (χ2n) is 2.44. The Kier molecular flexibility index (Phi) is 3.59. The van der Waals surface area contributed by atoms with E-state index in [1.54, 1.807) is 0 Å². The third kappa shape index (κ3) is 2.82. The summed E-state index contributed by atoms with van der Waals surface area (Å²) >= 11 is 0. The number of hydrogen-bond donors (Lipinski definition) is 0. The van der Waals surface area contributed by atoms with Crippen molar-refractivity contribution in [2.24, 2.45) is 5.16 Å². The van der Waals surface area contributed by atoms with Gasteiger partial charge in [-0.25, -0.2) is 0 Å². The molecule has 0 amide bonds. The van der Waals surface area contributed by atoms with E-state index in [-0.39, 0.29) is 0 Å². The maximum Gasteiger partial charge on any atom is 0.652 e. The zero-order chi connectivity index (χ0) is 12.2. The fourth-order valence-electron chi connectivity index (χ4n) is 0.319. The molecule has 0 saturated heterocycles. The number of hydrogen-bond acceptors (Lipinski definition) is 8. The van der Waals surface area contributed by atoms with E-state index >= 15 is 0 Å². The van der Waals surface area contributed by atoms with E-state index in [2.05, 4.69) is 9.99 Å². The van der Waals surface area contributed by atoms with Gasteiger partial charge >= 0.3 is 11.7 Å². The van der Waals surface area contributed by atoms with Crippen LogP contribution in [0.4, 0.5) is 0 Å². The molecule has 15 heavy (non-hydrogen) atoms. The van der Waals surface area contributed by atoms with Crippen LogP contribution in [0.25, 0.3) is 0 Å². The normalized spacial score (nSPS) is 12.0. The monoisotopic (exact) mass is 222 g/mol. The highest BCUT2D eigenvalue weighted by Crippen LogP contribution is 2.12. The SMILES string of the molecule is CC(=NOC(C)([N+](=O)[O-])[N+](=O)[O-])[N+](=O)[O-]. The molecule has 11 heteroatoms. The van der Waals surface area contributed by atoms with Crippen molar-refractivity contribution in [3.63, 3.8) is 0 Å². The van der Waals surface area contributed by atoms with Crippen LogP contribution in [-0.2, 0) is 4.84 Å². The molecule has 0 N–H and O–H groups in total. The Balaban J connectivity index is 4.89. The topological polar surface area (TPSA) is 151 Å². The molecule has 0 aromatic heterocycles. The number of rotatable bonds is 4. The number of amidine groups is 1. The maximum absolute atomic E-state index is 10.2. The minimum Gasteiger partial charge on any atom is -0.358 e. The molecule has 84 valence electrons. The van der Waals surface area contributed by atoms with Crippen molar-refractivity contribution < 1.29 is 19.6 Å². The fourth-order valence-corrected chi connectivity index (χ4v) is 0.319. The van der Waals surface area contributed by atoms with Gasteiger partial charge in [0.15, 0.2) is 5.16 Å². The van der Waals surface area contributed by atoms with Gasteiger partial charge in [0.2, 0.25) is 0 Å². The van der Waals surface area contributed by atoms with Crippen LogP contribution < -0.4 is 0 Å². The highest BCUT2D eigenvalue weighted by atomic mass is 16.8. The number of nitrogens with zero attached hydrogens (tertiary/aromatic N) is 4. The van der Waals surface area contributed by atoms with Crippen molar-refractivity contribution >= 4 is 5.84 Å². The fraction of sp³-hybridized carbons (Fsp3) is 0.750. The summed E-state index contributed by atoms with van der Waals surface area (Å²) in [7, 11) is 0. The molecule has 0 fully saturated rings. The molecule has 0 saturated carbocycles. The Hall–Kier alpha value is -2.33. The van der Waals surface area contributed by atoms with Crippen LogP contribution in [0, 0.1) is 30.3 Å². The van der Waals surface area contributed by atoms with Crippen LogP contribution >= 0.6 is 0 Å². The van der Waals surface area contributed by atoms with Gasteiger partial charge in [-0.15, -0.1) is 4.84 Å². The van der Waals surface area contributed by atoms with E-state index in [9.17, 15) is 30.3 Å². The van der Waals surface area contributed by atoms with Crippen molar-refractivity contribution in [2.45, 2.75) is 19.7 Å². The van der Waals surface area contributed by atoms with Crippen LogP contribution in [0.1, 0.15) is 13.8 Å². The summed E-state index contributed by atoms with van der Waals surface area (Å²) in [5.41, 5.74) is 0. The zero-order valence-electron chi connectivity index (χ0n) is 7.65. The molecular weight excluding hydrogens is 216 g/mol. The van der Waals surface area contributed by atoms with E-state index < -0.39 is 26.5 Å². The molecule has 0 rings (SSSR count). The van der Waals surface area contributed by atoms with E-state index in [0.717, 1.165) is 6.92 Å². The standard InChI is InChI=1S/C4H6N4O7/c1-3(6(9)10)5-15-4(2,7(11)12)8(13)14/h1-2H3. The summed E-state index contributed by atoms with van der Waals surface area (Å²) < 4.78 is 0. The van der Waals surface area contributed by atoms with Gasteiger partial charge in [0, 0.05) is 0 Å². The predicted octanol–water partition coefficient (Wildman–Crippen LogP) is -0.160. The Morgan fingerprint density at radius 2 is 1.60 bits per heavy atom. The van der Waals surface area contributed by atoms with E-state index in [1.807, 2.05) is 0 Å². The molecule has 0 aliphatic heterocycles. The molecule has 0 bridgehead atoms. The van der Waals surface area contributed by atoms with Gasteiger partial charge in [-0.3, -0.25) is 20.2 Å². The molecule has 0 unspecified atom stereocenters. The molecule has 0 atom stereocenters. The Morgan fingerprint density at radius 1 is 1.20 bits per heavy atom. The number of oxime groups is 1. The largest absolute Gasteiger partial charge is 0.652 e. The first-order chi connectivity index (χ1) is 6.71. The van der Waals surface area contributed by atoms with Crippen molar-refractivity contribution in [3.05, 3.63) is 30.3 Å². The molecule has 0 aromatic rings. The second-order valence-corrected chi connectivity index (χ2v) is 2.44. The predicted molar refractivity (Wildman–Crippen MR) is 43.6 cm³/mol. The third-order valence-corrected chi connectivity index (χ3v) is 1.29. The van der Waals surface area contributed by atoms with Crippen LogP contribution in [0.2, 0.25) is 0 Å². The van der Waals surface area contributed by atoms with Gasteiger partial charge < -0.3 is 10.1 Å². The van der Waals surface area contributed by atoms with Crippen molar-refractivity contribution in [3.8, 4) is 0 Å². The maximum atomic E-state index is 10.2. The minimum absolute atomic E-state index is 0.518. The first-order valence-electron chi connectivity index (χ1n) is 3.38. The highest BCUT2D eigenvalue weighted by molar-refractivity contribution is 5.70. The molecule has 0 aromatic carbocycles. The molecule has 11 nitrogen and oxygen atoms in total. The quantitative estimate of drug-likeness (QED) is 0.210. The third-order valence-electron chi connectivity index (χ3n) is 1.29. The summed E-state index contributed by atoms with van der Waals surface area (Å²) in [5.74, 6) is -3.86. The summed E-state index contributed by atoms with van der Waals surface area (Å²) in [6, 6.07) is 0. The second kappa shape index (κ2) is 4.26. The smallest absolute Gasteiger partial charge is 0.358 e. The lowest BCUT2D eigenvalue weighted by atomic mass is 10.5. The van der Waals surface area contributed by atoms with E-state index in [0.29, 0.717) is 6.92 Å². The van der Waals surface area contributed by atoms with E-state index in [1.165, 1.54) is 0 Å². The Labute approximate surface area is 81.8 Å². The van der Waals surface area contributed by atoms with Gasteiger partial charge in [0.1, 0.15) is 16.8 Å². The summed E-state index contributed by atoms with van der Waals surface area (Å²) in [6.45, 7) is 1.39. The van der Waals surface area contributed by atoms with Gasteiger partial charge in [-0.1, -0.05) is 0 Å². The molecule has 0 spiro atoms. The number of nitro groups is 3. The van der Waals surface area contributed by atoms with Gasteiger partial charge in [-0.05, 0) is 4.92 Å². The Morgan fingerprint density at radius 3 is 1.87 bits per heavy atom. The Bertz CT molecular complexity index is 322. The summed E-state index contributed by atoms with van der Waals surface area (Å²) in [4.78, 5) is 30.7. The molecule has 0 aliphatic carbocycles. The van der Waals surface area contributed by atoms with Crippen molar-refractivity contribution in [1.29, 1.82) is 0 Å². The van der Waals surface area contributed by atoms with Gasteiger partial charge in [-0.2, -0.15) is 0 Å². The van der Waals surface area contributed by atoms with Crippen LogP contribution in [0.15, 0.2) is 5.16 Å². The first kappa shape index (κ1) is 12.7. The summed E-state index contributed by atoms with van der Waals surface area (Å²) in [5, 5.41) is 33.2. The molecular formula is C4H6N4O7. The van der Waals surface area contributed by atoms with Crippen molar-refractivity contribution in [1.82, 2.24) is 0 Å². The van der Waals surface area contributed by atoms with E-state index in [4.69, 9.17) is 0 Å². The van der Waals surface area contributed by atoms with Crippen LogP contribution in [0.5, 0.6) is 0 Å². The lowest BCUT2D eigenvalue weighted by Crippen LogP contribution is -2.44. The molecule has 0 aliphatic rings. The van der Waals surface area contributed by atoms with Crippen LogP contribution in [-0.4, -0.2) is 26.5 Å². The first-order valence-corrected chi connectivity index (χ1v) is 3.38. The minimum atomic E-state index is -3.03. The molecule has 0 radical (unpaired) electrons. The molecule has 0 heterocycles. The highest BCUT2D eigenvalue weighted by Gasteiger charge is 2.57. The van der Waals surface area contributed by atoms with Gasteiger partial charge in [0.25, 0.3) is 0 Å². The van der Waals surface area contributed by atoms with Crippen LogP contribution in [0.3, 0.4) is 0 Å². The van der Waals surface area contributed by atoms with Crippen molar-refractivity contribution in [2.75, 3.05) is 0 Å². The average Bonchev–Trinajstić information content (AvgIpc) is 2.12. The lowest BCUT2D eigenvalue weighted by molar-refractivity contribution is -0.846. The average molecular weight is 222 g/mol. The lowest BCUT2D eigenvalue weighted by Gasteiger charge is -2.04. The van der Waals surface area contributed by atoms with Gasteiger partial charge in [0.05, 0.1) is 6.92 Å².